The predicted octanol–water partition coefficient (Wildman–Crippen LogP) is 1.30. The summed E-state index contributed by atoms with van der Waals surface area (Å²) < 4.78 is 14.0. The summed E-state index contributed by atoms with van der Waals surface area (Å²) in [5.41, 5.74) is -0.536. The maximum Gasteiger partial charge on any atom is 0.254 e. The highest BCUT2D eigenvalue weighted by atomic mass is 19.1. The lowest BCUT2D eigenvalue weighted by atomic mass is 10.1. The Morgan fingerprint density at radius 3 is 2.57 bits per heavy atom. The van der Waals surface area contributed by atoms with E-state index in [1.807, 2.05) is 20.8 Å². The van der Waals surface area contributed by atoms with Crippen molar-refractivity contribution < 1.29 is 14.0 Å². The van der Waals surface area contributed by atoms with E-state index in [1.165, 1.54) is 12.3 Å². The maximum atomic E-state index is 14.0. The van der Waals surface area contributed by atoms with Gasteiger partial charge in [0, 0.05) is 18.3 Å². The molecule has 21 heavy (non-hydrogen) atoms. The molecule has 0 radical (unpaired) electrons. The number of rotatable bonds is 5. The van der Waals surface area contributed by atoms with E-state index < -0.39 is 11.7 Å². The van der Waals surface area contributed by atoms with Crippen molar-refractivity contribution in [3.63, 3.8) is 0 Å². The number of nitrogens with zero attached hydrogens (tertiary/aromatic N) is 1. The van der Waals surface area contributed by atoms with Gasteiger partial charge in [-0.05, 0) is 33.8 Å². The summed E-state index contributed by atoms with van der Waals surface area (Å²) in [7, 11) is 0. The first-order valence-corrected chi connectivity index (χ1v) is 6.72. The van der Waals surface area contributed by atoms with Crippen molar-refractivity contribution in [2.24, 2.45) is 0 Å². The molecular formula is C14H21FN4O2. The van der Waals surface area contributed by atoms with Gasteiger partial charge >= 0.3 is 0 Å². The quantitative estimate of drug-likeness (QED) is 0.765. The van der Waals surface area contributed by atoms with E-state index >= 15 is 0 Å². The smallest absolute Gasteiger partial charge is 0.254 e. The Hall–Kier alpha value is -2.18. The lowest BCUT2D eigenvalue weighted by Crippen LogP contribution is -2.45. The number of aromatic nitrogens is 1. The van der Waals surface area contributed by atoms with Crippen LogP contribution in [0.5, 0.6) is 0 Å². The van der Waals surface area contributed by atoms with Crippen LogP contribution in [-0.2, 0) is 4.79 Å². The molecule has 1 rings (SSSR count). The third kappa shape index (κ3) is 5.37. The van der Waals surface area contributed by atoms with E-state index in [1.54, 1.807) is 6.92 Å². The minimum absolute atomic E-state index is 0.0179. The molecule has 0 atom stereocenters. The van der Waals surface area contributed by atoms with Gasteiger partial charge in [0.15, 0.2) is 11.6 Å². The van der Waals surface area contributed by atoms with Gasteiger partial charge in [-0.1, -0.05) is 0 Å². The van der Waals surface area contributed by atoms with Gasteiger partial charge in [-0.3, -0.25) is 9.59 Å². The molecule has 0 saturated carbocycles. The van der Waals surface area contributed by atoms with Crippen LogP contribution in [-0.4, -0.2) is 35.4 Å². The average Bonchev–Trinajstić information content (AvgIpc) is 2.37. The van der Waals surface area contributed by atoms with Crippen LogP contribution in [0.15, 0.2) is 12.3 Å². The number of anilines is 1. The second-order valence-corrected chi connectivity index (χ2v) is 5.53. The van der Waals surface area contributed by atoms with Crippen LogP contribution in [0.25, 0.3) is 0 Å². The molecular weight excluding hydrogens is 275 g/mol. The van der Waals surface area contributed by atoms with Crippen molar-refractivity contribution >= 4 is 17.6 Å². The van der Waals surface area contributed by atoms with Crippen molar-refractivity contribution in [3.05, 3.63) is 23.6 Å². The number of hydrogen-bond acceptors (Lipinski definition) is 4. The molecule has 6 nitrogen and oxygen atoms in total. The minimum atomic E-state index is -0.729. The Balaban J connectivity index is 2.68. The van der Waals surface area contributed by atoms with Crippen LogP contribution in [0.3, 0.4) is 0 Å². The number of nitrogens with one attached hydrogen (secondary N) is 3. The van der Waals surface area contributed by atoms with Gasteiger partial charge in [-0.15, -0.1) is 0 Å². The predicted molar refractivity (Wildman–Crippen MR) is 78.6 cm³/mol. The summed E-state index contributed by atoms with van der Waals surface area (Å²) in [6, 6.07) is 1.27. The highest BCUT2D eigenvalue weighted by Gasteiger charge is 2.18. The summed E-state index contributed by atoms with van der Waals surface area (Å²) >= 11 is 0. The normalized spacial score (nSPS) is 10.9. The van der Waals surface area contributed by atoms with Crippen molar-refractivity contribution in [2.75, 3.05) is 18.4 Å². The van der Waals surface area contributed by atoms with Crippen molar-refractivity contribution in [1.29, 1.82) is 0 Å². The molecule has 3 N–H and O–H groups in total. The summed E-state index contributed by atoms with van der Waals surface area (Å²) in [4.78, 5) is 27.3. The first-order chi connectivity index (χ1) is 9.74. The van der Waals surface area contributed by atoms with E-state index in [-0.39, 0.29) is 29.4 Å². The minimum Gasteiger partial charge on any atom is -0.368 e. The van der Waals surface area contributed by atoms with E-state index in [0.29, 0.717) is 6.54 Å². The lowest BCUT2D eigenvalue weighted by molar-refractivity contribution is -0.121. The van der Waals surface area contributed by atoms with Crippen LogP contribution in [0.1, 0.15) is 38.1 Å². The standard InChI is InChI=1S/C14H21FN4O2/c1-5-16-12-11(15)9(6-7-17-12)13(21)18-8-10(20)19-14(2,3)4/h6-7H,5,8H2,1-4H3,(H,16,17)(H,18,21)(H,19,20). The SMILES string of the molecule is CCNc1nccc(C(=O)NCC(=O)NC(C)(C)C)c1F. The zero-order chi connectivity index (χ0) is 16.0. The summed E-state index contributed by atoms with van der Waals surface area (Å²) in [6.07, 6.45) is 1.34. The molecule has 1 aromatic rings. The Bertz CT molecular complexity index is 526. The molecule has 0 unspecified atom stereocenters. The van der Waals surface area contributed by atoms with Crippen LogP contribution >= 0.6 is 0 Å². The fraction of sp³-hybridized carbons (Fsp3) is 0.500. The van der Waals surface area contributed by atoms with E-state index in [0.717, 1.165) is 0 Å². The van der Waals surface area contributed by atoms with Crippen LogP contribution in [0.4, 0.5) is 10.2 Å². The molecule has 0 fully saturated rings. The van der Waals surface area contributed by atoms with Crippen molar-refractivity contribution in [2.45, 2.75) is 33.2 Å². The number of amides is 2. The monoisotopic (exact) mass is 296 g/mol. The highest BCUT2D eigenvalue weighted by molar-refractivity contribution is 5.97. The number of hydrogen-bond donors (Lipinski definition) is 3. The second kappa shape index (κ2) is 7.01. The third-order valence-corrected chi connectivity index (χ3v) is 2.40. The highest BCUT2D eigenvalue weighted by Crippen LogP contribution is 2.14. The van der Waals surface area contributed by atoms with Gasteiger partial charge in [0.25, 0.3) is 5.91 Å². The van der Waals surface area contributed by atoms with Crippen LogP contribution in [0.2, 0.25) is 0 Å². The van der Waals surface area contributed by atoms with Crippen molar-refractivity contribution in [3.8, 4) is 0 Å². The molecule has 0 aliphatic heterocycles. The van der Waals surface area contributed by atoms with Gasteiger partial charge < -0.3 is 16.0 Å². The average molecular weight is 296 g/mol. The molecule has 0 saturated heterocycles. The van der Waals surface area contributed by atoms with Crippen LogP contribution < -0.4 is 16.0 Å². The van der Waals surface area contributed by atoms with Crippen LogP contribution in [0, 0.1) is 5.82 Å². The van der Waals surface area contributed by atoms with Crippen molar-refractivity contribution in [1.82, 2.24) is 15.6 Å². The zero-order valence-electron chi connectivity index (χ0n) is 12.7. The number of carbonyl (C=O) groups excluding carboxylic acids is 2. The molecule has 2 amide bonds. The molecule has 0 aliphatic rings. The molecule has 0 spiro atoms. The van der Waals surface area contributed by atoms with E-state index in [2.05, 4.69) is 20.9 Å². The molecule has 1 heterocycles. The lowest BCUT2D eigenvalue weighted by Gasteiger charge is -2.20. The van der Waals surface area contributed by atoms with Gasteiger partial charge in [-0.25, -0.2) is 9.37 Å². The molecule has 116 valence electrons. The number of halogens is 1. The summed E-state index contributed by atoms with van der Waals surface area (Å²) in [5.74, 6) is -1.70. The molecule has 1 aromatic heterocycles. The Morgan fingerprint density at radius 2 is 2.00 bits per heavy atom. The fourth-order valence-corrected chi connectivity index (χ4v) is 1.63. The first kappa shape index (κ1) is 16.9. The number of carbonyl (C=O) groups is 2. The Labute approximate surface area is 123 Å². The maximum absolute atomic E-state index is 14.0. The zero-order valence-corrected chi connectivity index (χ0v) is 12.7. The summed E-state index contributed by atoms with van der Waals surface area (Å²) in [6.45, 7) is 7.57. The second-order valence-electron chi connectivity index (χ2n) is 5.53. The summed E-state index contributed by atoms with van der Waals surface area (Å²) in [5, 5.41) is 7.81. The Morgan fingerprint density at radius 1 is 1.33 bits per heavy atom. The van der Waals surface area contributed by atoms with Gasteiger partial charge in [0.05, 0.1) is 12.1 Å². The molecule has 0 bridgehead atoms. The number of pyridine rings is 1. The molecule has 0 aliphatic carbocycles. The Kier molecular flexibility index (Phi) is 5.63. The van der Waals surface area contributed by atoms with E-state index in [9.17, 15) is 14.0 Å². The first-order valence-electron chi connectivity index (χ1n) is 6.72. The third-order valence-electron chi connectivity index (χ3n) is 2.40. The van der Waals surface area contributed by atoms with Gasteiger partial charge in [-0.2, -0.15) is 0 Å². The topological polar surface area (TPSA) is 83.1 Å². The molecule has 7 heteroatoms. The fourth-order valence-electron chi connectivity index (χ4n) is 1.63. The largest absolute Gasteiger partial charge is 0.368 e. The van der Waals surface area contributed by atoms with Gasteiger partial charge in [0.1, 0.15) is 0 Å². The van der Waals surface area contributed by atoms with E-state index in [4.69, 9.17) is 0 Å². The molecule has 0 aromatic carbocycles. The van der Waals surface area contributed by atoms with Gasteiger partial charge in [0.2, 0.25) is 5.91 Å².